The maximum atomic E-state index is 13.6. The van der Waals surface area contributed by atoms with Gasteiger partial charge in [0.05, 0.1) is 11.1 Å². The van der Waals surface area contributed by atoms with Crippen molar-refractivity contribution in [2.75, 3.05) is 23.3 Å². The van der Waals surface area contributed by atoms with Gasteiger partial charge in [0, 0.05) is 35.8 Å². The molecule has 1 saturated heterocycles. The molecule has 1 aliphatic heterocycles. The van der Waals surface area contributed by atoms with Gasteiger partial charge in [0.15, 0.2) is 0 Å². The number of hydrogen-bond acceptors (Lipinski definition) is 4. The summed E-state index contributed by atoms with van der Waals surface area (Å²) in [4.78, 5) is 19.0. The molecule has 2 heterocycles. The minimum atomic E-state index is -0.969. The number of fused-ring (bicyclic) bond motifs is 1. The predicted molar refractivity (Wildman–Crippen MR) is 134 cm³/mol. The van der Waals surface area contributed by atoms with Crippen molar-refractivity contribution in [3.05, 3.63) is 89.2 Å². The Hall–Kier alpha value is -3.93. The van der Waals surface area contributed by atoms with Crippen LogP contribution in [0.1, 0.15) is 40.9 Å². The Morgan fingerprint density at radius 3 is 2.50 bits per heavy atom. The summed E-state index contributed by atoms with van der Waals surface area (Å²) in [6.07, 6.45) is 1.13. The average molecular weight is 456 g/mol. The van der Waals surface area contributed by atoms with Gasteiger partial charge in [0.25, 0.3) is 0 Å². The summed E-state index contributed by atoms with van der Waals surface area (Å²) in [6, 6.07) is 19.6. The molecule has 1 fully saturated rings. The average Bonchev–Trinajstić information content (AvgIpc) is 2.78. The molecule has 2 N–H and O–H groups in total. The summed E-state index contributed by atoms with van der Waals surface area (Å²) >= 11 is 0. The number of nitrogens with one attached hydrogen (secondary N) is 1. The van der Waals surface area contributed by atoms with Gasteiger partial charge >= 0.3 is 5.97 Å². The van der Waals surface area contributed by atoms with Gasteiger partial charge in [-0.3, -0.25) is 0 Å². The largest absolute Gasteiger partial charge is 0.478 e. The molecular weight excluding hydrogens is 429 g/mol. The summed E-state index contributed by atoms with van der Waals surface area (Å²) in [6.45, 7) is 5.97. The van der Waals surface area contributed by atoms with Crippen LogP contribution in [0.2, 0.25) is 0 Å². The normalized spacial score (nSPS) is 14.0. The van der Waals surface area contributed by atoms with Crippen molar-refractivity contribution < 1.29 is 14.3 Å². The number of aromatic carboxylic acids is 1. The number of rotatable bonds is 6. The summed E-state index contributed by atoms with van der Waals surface area (Å²) in [5, 5.41) is 14.0. The van der Waals surface area contributed by atoms with Gasteiger partial charge in [-0.1, -0.05) is 30.3 Å². The van der Waals surface area contributed by atoms with Gasteiger partial charge in [-0.15, -0.1) is 0 Å². The number of carboxylic acid groups (broad SMARTS) is 1. The lowest BCUT2D eigenvalue weighted by Crippen LogP contribution is -2.38. The first-order chi connectivity index (χ1) is 16.4. The first kappa shape index (κ1) is 21.9. The fourth-order valence-corrected chi connectivity index (χ4v) is 4.51. The first-order valence-electron chi connectivity index (χ1n) is 11.5. The van der Waals surface area contributed by atoms with E-state index in [0.29, 0.717) is 5.69 Å². The van der Waals surface area contributed by atoms with Crippen LogP contribution < -0.4 is 10.2 Å². The molecule has 0 aliphatic carbocycles. The molecule has 0 amide bonds. The van der Waals surface area contributed by atoms with Crippen LogP contribution in [0.25, 0.3) is 22.0 Å². The van der Waals surface area contributed by atoms with E-state index in [1.54, 1.807) is 30.3 Å². The zero-order chi connectivity index (χ0) is 23.8. The van der Waals surface area contributed by atoms with E-state index in [4.69, 9.17) is 4.98 Å². The van der Waals surface area contributed by atoms with Crippen LogP contribution >= 0.6 is 0 Å². The van der Waals surface area contributed by atoms with Crippen LogP contribution in [0.5, 0.6) is 0 Å². The van der Waals surface area contributed by atoms with Gasteiger partial charge in [0.1, 0.15) is 11.6 Å². The van der Waals surface area contributed by atoms with Crippen LogP contribution in [0.4, 0.5) is 15.9 Å². The Labute approximate surface area is 197 Å². The Kier molecular flexibility index (Phi) is 5.65. The lowest BCUT2D eigenvalue weighted by Gasteiger charge is -2.34. The van der Waals surface area contributed by atoms with Crippen LogP contribution in [0.15, 0.2) is 66.7 Å². The molecule has 0 radical (unpaired) electrons. The molecule has 5 nitrogen and oxygen atoms in total. The van der Waals surface area contributed by atoms with E-state index in [-0.39, 0.29) is 17.4 Å². The van der Waals surface area contributed by atoms with Crippen LogP contribution in [0, 0.1) is 12.7 Å². The topological polar surface area (TPSA) is 65.5 Å². The van der Waals surface area contributed by atoms with E-state index >= 15 is 0 Å². The number of pyridine rings is 1. The number of aryl methyl sites for hydroxylation is 1. The van der Waals surface area contributed by atoms with Gasteiger partial charge in [-0.2, -0.15) is 0 Å². The predicted octanol–water partition coefficient (Wildman–Crippen LogP) is 6.43. The molecule has 0 saturated carbocycles. The number of carboxylic acids is 1. The molecule has 1 aromatic heterocycles. The number of nitrogens with zero attached hydrogens (tertiary/aromatic N) is 2. The standard InChI is InChI=1S/C28H26FN3O2/c1-17-14-22(18(2)30-25-7-4-3-6-21(25)28(33)34)24-16-23(19-8-10-20(29)11-9-19)27(31-26(24)15-17)32-12-5-13-32/h3-4,6-11,14-16,18,30H,5,12-13H2,1-2H3,(H,33,34). The lowest BCUT2D eigenvalue weighted by atomic mass is 9.95. The highest BCUT2D eigenvalue weighted by Gasteiger charge is 2.23. The number of anilines is 2. The minimum Gasteiger partial charge on any atom is -0.478 e. The van der Waals surface area contributed by atoms with E-state index in [1.807, 2.05) is 19.9 Å². The van der Waals surface area contributed by atoms with Crippen molar-refractivity contribution >= 4 is 28.4 Å². The molecule has 172 valence electrons. The van der Waals surface area contributed by atoms with Gasteiger partial charge in [-0.05, 0) is 73.4 Å². The third kappa shape index (κ3) is 4.07. The Balaban J connectivity index is 1.64. The number of para-hydroxylation sites is 1. The third-order valence-corrected chi connectivity index (χ3v) is 6.40. The van der Waals surface area contributed by atoms with E-state index in [2.05, 4.69) is 28.4 Å². The zero-order valence-corrected chi connectivity index (χ0v) is 19.2. The van der Waals surface area contributed by atoms with Crippen LogP contribution in [-0.2, 0) is 0 Å². The zero-order valence-electron chi connectivity index (χ0n) is 19.2. The summed E-state index contributed by atoms with van der Waals surface area (Å²) < 4.78 is 13.6. The number of carbonyl (C=O) groups is 1. The highest BCUT2D eigenvalue weighted by molar-refractivity contribution is 5.95. The Morgan fingerprint density at radius 1 is 1.09 bits per heavy atom. The SMILES string of the molecule is Cc1cc(C(C)Nc2ccccc2C(=O)O)c2cc(-c3ccc(F)cc3)c(N3CCC3)nc2c1. The number of hydrogen-bond donors (Lipinski definition) is 2. The molecule has 4 aromatic rings. The second kappa shape index (κ2) is 8.78. The molecule has 3 aromatic carbocycles. The van der Waals surface area contributed by atoms with Crippen molar-refractivity contribution in [2.45, 2.75) is 26.3 Å². The molecule has 34 heavy (non-hydrogen) atoms. The summed E-state index contributed by atoms with van der Waals surface area (Å²) in [7, 11) is 0. The van der Waals surface area contributed by atoms with Gasteiger partial charge in [-0.25, -0.2) is 14.2 Å². The maximum Gasteiger partial charge on any atom is 0.337 e. The monoisotopic (exact) mass is 455 g/mol. The first-order valence-corrected chi connectivity index (χ1v) is 11.5. The molecule has 6 heteroatoms. The number of benzene rings is 3. The summed E-state index contributed by atoms with van der Waals surface area (Å²) in [5.74, 6) is -0.322. The Bertz CT molecular complexity index is 1380. The van der Waals surface area contributed by atoms with Gasteiger partial charge < -0.3 is 15.3 Å². The lowest BCUT2D eigenvalue weighted by molar-refractivity contribution is 0.0698. The Morgan fingerprint density at radius 2 is 1.82 bits per heavy atom. The summed E-state index contributed by atoms with van der Waals surface area (Å²) in [5.41, 5.74) is 5.69. The fraction of sp³-hybridized carbons (Fsp3) is 0.214. The maximum absolute atomic E-state index is 13.6. The highest BCUT2D eigenvalue weighted by atomic mass is 19.1. The van der Waals surface area contributed by atoms with E-state index in [9.17, 15) is 14.3 Å². The second-order valence-corrected chi connectivity index (χ2v) is 8.84. The molecule has 0 spiro atoms. The molecule has 1 atom stereocenters. The quantitative estimate of drug-likeness (QED) is 0.351. The van der Waals surface area contributed by atoms with Crippen LogP contribution in [-0.4, -0.2) is 29.1 Å². The van der Waals surface area contributed by atoms with Crippen LogP contribution in [0.3, 0.4) is 0 Å². The van der Waals surface area contributed by atoms with Crippen molar-refractivity contribution in [1.82, 2.24) is 4.98 Å². The molecule has 1 unspecified atom stereocenters. The van der Waals surface area contributed by atoms with E-state index < -0.39 is 5.97 Å². The van der Waals surface area contributed by atoms with Crippen molar-refractivity contribution in [2.24, 2.45) is 0 Å². The van der Waals surface area contributed by atoms with Crippen molar-refractivity contribution in [1.29, 1.82) is 0 Å². The van der Waals surface area contributed by atoms with Crippen molar-refractivity contribution in [3.8, 4) is 11.1 Å². The molecule has 0 bridgehead atoms. The van der Waals surface area contributed by atoms with E-state index in [1.165, 1.54) is 12.1 Å². The van der Waals surface area contributed by atoms with Crippen molar-refractivity contribution in [3.63, 3.8) is 0 Å². The molecule has 5 rings (SSSR count). The molecular formula is C28H26FN3O2. The minimum absolute atomic E-state index is 0.166. The highest BCUT2D eigenvalue weighted by Crippen LogP contribution is 2.38. The number of halogens is 1. The number of aromatic nitrogens is 1. The third-order valence-electron chi connectivity index (χ3n) is 6.40. The van der Waals surface area contributed by atoms with E-state index in [0.717, 1.165) is 58.5 Å². The van der Waals surface area contributed by atoms with Gasteiger partial charge in [0.2, 0.25) is 0 Å². The fourth-order valence-electron chi connectivity index (χ4n) is 4.51. The smallest absolute Gasteiger partial charge is 0.337 e. The molecule has 1 aliphatic rings. The second-order valence-electron chi connectivity index (χ2n) is 8.84.